The van der Waals surface area contributed by atoms with Gasteiger partial charge in [0, 0.05) is 29.3 Å². The molecule has 31 heavy (non-hydrogen) atoms. The first kappa shape index (κ1) is 21.2. The lowest BCUT2D eigenvalue weighted by Crippen LogP contribution is -2.41. The third kappa shape index (κ3) is 4.85. The fourth-order valence-corrected chi connectivity index (χ4v) is 3.98. The molecule has 1 N–H and O–H groups in total. The molecule has 1 aliphatic heterocycles. The van der Waals surface area contributed by atoms with E-state index in [0.717, 1.165) is 35.1 Å². The molecule has 6 nitrogen and oxygen atoms in total. The maximum Gasteiger partial charge on any atom is 0.271 e. The van der Waals surface area contributed by atoms with Crippen molar-refractivity contribution in [1.82, 2.24) is 9.78 Å². The summed E-state index contributed by atoms with van der Waals surface area (Å²) in [4.78, 5) is 27.1. The summed E-state index contributed by atoms with van der Waals surface area (Å²) in [6, 6.07) is 14.5. The van der Waals surface area contributed by atoms with Crippen LogP contribution in [0.15, 0.2) is 63.9 Å². The Bertz CT molecular complexity index is 1180. The number of anilines is 2. The number of aromatic nitrogens is 2. The molecule has 0 unspecified atom stereocenters. The highest BCUT2D eigenvalue weighted by molar-refractivity contribution is 9.10. The number of hydrogen-bond donors (Lipinski definition) is 1. The second-order valence-corrected chi connectivity index (χ2v) is 8.51. The fourth-order valence-electron chi connectivity index (χ4n) is 3.73. The highest BCUT2D eigenvalue weighted by Gasteiger charge is 2.27. The van der Waals surface area contributed by atoms with Gasteiger partial charge in [-0.15, -0.1) is 5.10 Å². The van der Waals surface area contributed by atoms with Gasteiger partial charge in [0.05, 0.1) is 11.6 Å². The lowest BCUT2D eigenvalue weighted by atomic mass is 9.97. The smallest absolute Gasteiger partial charge is 0.271 e. The van der Waals surface area contributed by atoms with Crippen molar-refractivity contribution in [1.29, 1.82) is 0 Å². The van der Waals surface area contributed by atoms with E-state index in [1.54, 1.807) is 12.1 Å². The molecule has 0 spiro atoms. The summed E-state index contributed by atoms with van der Waals surface area (Å²) in [5.41, 5.74) is 1.84. The van der Waals surface area contributed by atoms with Gasteiger partial charge in [-0.25, -0.2) is 4.39 Å². The molecular formula is C23H22BrFN4O2. The quantitative estimate of drug-likeness (QED) is 0.599. The molecular weight excluding hydrogens is 463 g/mol. The molecule has 0 radical (unpaired) electrons. The average molecular weight is 485 g/mol. The Morgan fingerprint density at radius 2 is 2.03 bits per heavy atom. The Labute approximate surface area is 187 Å². The summed E-state index contributed by atoms with van der Waals surface area (Å²) < 4.78 is 15.8. The van der Waals surface area contributed by atoms with E-state index in [4.69, 9.17) is 0 Å². The molecule has 4 rings (SSSR count). The van der Waals surface area contributed by atoms with Crippen molar-refractivity contribution < 1.29 is 9.18 Å². The van der Waals surface area contributed by atoms with Gasteiger partial charge < -0.3 is 10.2 Å². The SMILES string of the molecule is Cc1cc(NC(=O)[C@H]2CCCN(c3ccc(=O)n(-c4cccc(F)c4)n3)C2)ccc1Br. The number of nitrogens with one attached hydrogen (secondary N) is 1. The molecule has 8 heteroatoms. The number of carbonyl (C=O) groups is 1. The van der Waals surface area contributed by atoms with Crippen molar-refractivity contribution in [2.45, 2.75) is 19.8 Å². The molecule has 0 bridgehead atoms. The molecule has 1 aromatic heterocycles. The average Bonchev–Trinajstić information content (AvgIpc) is 2.77. The van der Waals surface area contributed by atoms with Crippen LogP contribution in [0.5, 0.6) is 0 Å². The lowest BCUT2D eigenvalue weighted by molar-refractivity contribution is -0.120. The van der Waals surface area contributed by atoms with Gasteiger partial charge >= 0.3 is 0 Å². The van der Waals surface area contributed by atoms with Crippen LogP contribution in [0.1, 0.15) is 18.4 Å². The molecule has 1 aliphatic rings. The van der Waals surface area contributed by atoms with Crippen molar-refractivity contribution >= 4 is 33.3 Å². The Balaban J connectivity index is 1.52. The zero-order valence-electron chi connectivity index (χ0n) is 17.0. The zero-order chi connectivity index (χ0) is 22.0. The monoisotopic (exact) mass is 484 g/mol. The third-order valence-corrected chi connectivity index (χ3v) is 6.27. The normalized spacial score (nSPS) is 16.2. The largest absolute Gasteiger partial charge is 0.354 e. The number of halogens is 2. The predicted octanol–water partition coefficient (Wildman–Crippen LogP) is 4.30. The minimum Gasteiger partial charge on any atom is -0.354 e. The highest BCUT2D eigenvalue weighted by Crippen LogP contribution is 2.24. The van der Waals surface area contributed by atoms with E-state index in [-0.39, 0.29) is 17.4 Å². The third-order valence-electron chi connectivity index (χ3n) is 5.38. The molecule has 160 valence electrons. The molecule has 2 heterocycles. The van der Waals surface area contributed by atoms with Crippen LogP contribution >= 0.6 is 15.9 Å². The minimum absolute atomic E-state index is 0.0372. The van der Waals surface area contributed by atoms with Crippen LogP contribution in [0.2, 0.25) is 0 Å². The van der Waals surface area contributed by atoms with Gasteiger partial charge in [-0.1, -0.05) is 22.0 Å². The topological polar surface area (TPSA) is 67.2 Å². The Kier molecular flexibility index (Phi) is 6.18. The van der Waals surface area contributed by atoms with E-state index in [0.29, 0.717) is 18.1 Å². The summed E-state index contributed by atoms with van der Waals surface area (Å²) in [6.07, 6.45) is 1.61. The van der Waals surface area contributed by atoms with Gasteiger partial charge in [0.1, 0.15) is 11.6 Å². The van der Waals surface area contributed by atoms with Crippen molar-refractivity contribution in [3.05, 3.63) is 80.8 Å². The first-order valence-electron chi connectivity index (χ1n) is 10.1. The van der Waals surface area contributed by atoms with Gasteiger partial charge in [0.15, 0.2) is 0 Å². The van der Waals surface area contributed by atoms with Gasteiger partial charge in [0.2, 0.25) is 5.91 Å². The van der Waals surface area contributed by atoms with E-state index < -0.39 is 5.82 Å². The standard InChI is InChI=1S/C23H22BrFN4O2/c1-15-12-18(7-8-20(15)24)26-23(31)16-4-3-11-28(14-16)21-9-10-22(30)29(27-21)19-6-2-5-17(25)13-19/h2,5-10,12-13,16H,3-4,11,14H2,1H3,(H,26,31)/t16-/m0/s1. The number of carbonyl (C=O) groups excluding carboxylic acids is 1. The first-order valence-corrected chi connectivity index (χ1v) is 10.9. The molecule has 2 aromatic carbocycles. The van der Waals surface area contributed by atoms with Crippen LogP contribution < -0.4 is 15.8 Å². The number of hydrogen-bond acceptors (Lipinski definition) is 4. The number of benzene rings is 2. The van der Waals surface area contributed by atoms with Crippen molar-refractivity contribution in [2.75, 3.05) is 23.3 Å². The number of amides is 1. The van der Waals surface area contributed by atoms with Gasteiger partial charge in [-0.3, -0.25) is 9.59 Å². The van der Waals surface area contributed by atoms with Crippen LogP contribution in [0.4, 0.5) is 15.9 Å². The molecule has 0 aliphatic carbocycles. The van der Waals surface area contributed by atoms with Crippen LogP contribution in [0.3, 0.4) is 0 Å². The second-order valence-electron chi connectivity index (χ2n) is 7.66. The van der Waals surface area contributed by atoms with Crippen molar-refractivity contribution in [3.63, 3.8) is 0 Å². The highest BCUT2D eigenvalue weighted by atomic mass is 79.9. The number of piperidine rings is 1. The first-order chi connectivity index (χ1) is 14.9. The van der Waals surface area contributed by atoms with Crippen LogP contribution in [-0.2, 0) is 4.79 Å². The van der Waals surface area contributed by atoms with Gasteiger partial charge in [-0.2, -0.15) is 4.68 Å². The molecule has 1 atom stereocenters. The molecule has 1 amide bonds. The summed E-state index contributed by atoms with van der Waals surface area (Å²) in [6.45, 7) is 3.20. The van der Waals surface area contributed by atoms with Crippen LogP contribution in [-0.4, -0.2) is 28.8 Å². The fraction of sp³-hybridized carbons (Fsp3) is 0.261. The molecule has 1 saturated heterocycles. The van der Waals surface area contributed by atoms with Crippen LogP contribution in [0.25, 0.3) is 5.69 Å². The number of rotatable bonds is 4. The lowest BCUT2D eigenvalue weighted by Gasteiger charge is -2.33. The number of aryl methyl sites for hydroxylation is 1. The number of nitrogens with zero attached hydrogens (tertiary/aromatic N) is 3. The Hall–Kier alpha value is -3.00. The molecule has 0 saturated carbocycles. The Morgan fingerprint density at radius 1 is 1.19 bits per heavy atom. The summed E-state index contributed by atoms with van der Waals surface area (Å²) in [5, 5.41) is 7.43. The summed E-state index contributed by atoms with van der Waals surface area (Å²) in [5.74, 6) is -0.0886. The van der Waals surface area contributed by atoms with Crippen LogP contribution in [0, 0.1) is 18.7 Å². The Morgan fingerprint density at radius 3 is 2.81 bits per heavy atom. The van der Waals surface area contributed by atoms with Gasteiger partial charge in [0.25, 0.3) is 5.56 Å². The molecule has 3 aromatic rings. The van der Waals surface area contributed by atoms with E-state index in [1.165, 1.54) is 28.9 Å². The summed E-state index contributed by atoms with van der Waals surface area (Å²) >= 11 is 3.47. The predicted molar refractivity (Wildman–Crippen MR) is 122 cm³/mol. The van der Waals surface area contributed by atoms with E-state index in [1.807, 2.05) is 30.0 Å². The van der Waals surface area contributed by atoms with E-state index >= 15 is 0 Å². The zero-order valence-corrected chi connectivity index (χ0v) is 18.6. The second kappa shape index (κ2) is 9.01. The van der Waals surface area contributed by atoms with E-state index in [9.17, 15) is 14.0 Å². The maximum atomic E-state index is 13.6. The van der Waals surface area contributed by atoms with Gasteiger partial charge in [-0.05, 0) is 67.8 Å². The van der Waals surface area contributed by atoms with Crippen molar-refractivity contribution in [3.8, 4) is 5.69 Å². The summed E-state index contributed by atoms with van der Waals surface area (Å²) in [7, 11) is 0. The van der Waals surface area contributed by atoms with E-state index in [2.05, 4.69) is 26.3 Å². The molecule has 1 fully saturated rings. The maximum absolute atomic E-state index is 13.6. The minimum atomic E-state index is -0.436. The van der Waals surface area contributed by atoms with Crippen molar-refractivity contribution in [2.24, 2.45) is 5.92 Å².